The first kappa shape index (κ1) is 19.1. The van der Waals surface area contributed by atoms with Crippen LogP contribution in [0.5, 0.6) is 5.75 Å². The smallest absolute Gasteiger partial charge is 0.234 e. The van der Waals surface area contributed by atoms with Gasteiger partial charge in [0, 0.05) is 5.56 Å². The highest BCUT2D eigenvalue weighted by Crippen LogP contribution is 2.25. The number of amides is 1. The first-order valence-corrected chi connectivity index (χ1v) is 9.38. The molecule has 140 valence electrons. The van der Waals surface area contributed by atoms with Gasteiger partial charge in [-0.2, -0.15) is 0 Å². The summed E-state index contributed by atoms with van der Waals surface area (Å²) in [4.78, 5) is 12.2. The van der Waals surface area contributed by atoms with Crippen LogP contribution in [0.1, 0.15) is 5.56 Å². The van der Waals surface area contributed by atoms with E-state index < -0.39 is 0 Å². The molecule has 2 aromatic carbocycles. The number of thioether (sulfide) groups is 1. The van der Waals surface area contributed by atoms with Crippen LogP contribution in [0.4, 0.5) is 5.69 Å². The molecule has 0 atom stereocenters. The van der Waals surface area contributed by atoms with Crippen LogP contribution < -0.4 is 15.9 Å². The Morgan fingerprint density at radius 3 is 2.67 bits per heavy atom. The maximum absolute atomic E-state index is 12.2. The fraction of sp³-hybridized carbons (Fsp3) is 0.167. The third-order valence-corrected chi connectivity index (χ3v) is 5.00. The molecule has 0 radical (unpaired) electrons. The Morgan fingerprint density at radius 2 is 2.00 bits per heavy atom. The maximum atomic E-state index is 12.2. The summed E-state index contributed by atoms with van der Waals surface area (Å²) in [5.41, 5.74) is 2.39. The lowest BCUT2D eigenvalue weighted by Gasteiger charge is -2.08. The van der Waals surface area contributed by atoms with Crippen LogP contribution in [0.15, 0.2) is 47.6 Å². The highest BCUT2D eigenvalue weighted by atomic mass is 35.5. The second kappa shape index (κ2) is 8.32. The number of nitrogens with zero attached hydrogens (tertiary/aromatic N) is 3. The quantitative estimate of drug-likeness (QED) is 0.484. The monoisotopic (exact) mass is 403 g/mol. The topological polar surface area (TPSA) is 95.1 Å². The molecule has 0 unspecified atom stereocenters. The number of nitrogens with one attached hydrogen (secondary N) is 1. The van der Waals surface area contributed by atoms with E-state index in [1.54, 1.807) is 19.2 Å². The molecule has 7 nitrogen and oxygen atoms in total. The van der Waals surface area contributed by atoms with E-state index >= 15 is 0 Å². The van der Waals surface area contributed by atoms with E-state index in [9.17, 15) is 4.79 Å². The lowest BCUT2D eigenvalue weighted by atomic mass is 10.2. The first-order valence-electron chi connectivity index (χ1n) is 8.01. The summed E-state index contributed by atoms with van der Waals surface area (Å²) in [5, 5.41) is 11.9. The lowest BCUT2D eigenvalue weighted by Crippen LogP contribution is -2.16. The molecule has 3 rings (SSSR count). The van der Waals surface area contributed by atoms with Crippen LogP contribution in [0.3, 0.4) is 0 Å². The van der Waals surface area contributed by atoms with Crippen molar-refractivity contribution in [1.82, 2.24) is 14.9 Å². The van der Waals surface area contributed by atoms with Gasteiger partial charge >= 0.3 is 0 Å². The molecule has 27 heavy (non-hydrogen) atoms. The molecule has 1 aromatic heterocycles. The second-order valence-electron chi connectivity index (χ2n) is 5.72. The minimum absolute atomic E-state index is 0.127. The van der Waals surface area contributed by atoms with Gasteiger partial charge < -0.3 is 15.9 Å². The number of nitrogens with two attached hydrogens (primary N) is 1. The van der Waals surface area contributed by atoms with Gasteiger partial charge in [0.15, 0.2) is 5.82 Å². The highest BCUT2D eigenvalue weighted by molar-refractivity contribution is 7.99. The fourth-order valence-corrected chi connectivity index (χ4v) is 3.29. The van der Waals surface area contributed by atoms with Gasteiger partial charge in [-0.25, -0.2) is 4.68 Å². The number of anilines is 1. The zero-order valence-electron chi connectivity index (χ0n) is 14.8. The molecule has 0 aliphatic carbocycles. The van der Waals surface area contributed by atoms with Gasteiger partial charge in [0.25, 0.3) is 0 Å². The summed E-state index contributed by atoms with van der Waals surface area (Å²) in [6.07, 6.45) is 0. The van der Waals surface area contributed by atoms with Crippen LogP contribution in [0, 0.1) is 6.92 Å². The van der Waals surface area contributed by atoms with Crippen molar-refractivity contribution in [2.75, 3.05) is 24.0 Å². The third kappa shape index (κ3) is 4.53. The van der Waals surface area contributed by atoms with E-state index in [-0.39, 0.29) is 11.7 Å². The standard InChI is InChI=1S/C18H18ClN5O2S/c1-11-3-8-15(14(19)9-11)21-16(25)10-27-18-23-22-17(24(18)20)12-4-6-13(26-2)7-5-12/h3-9H,10,20H2,1-2H3,(H,21,25). The van der Waals surface area contributed by atoms with Crippen molar-refractivity contribution >= 4 is 35.0 Å². The third-order valence-electron chi connectivity index (χ3n) is 3.74. The number of carbonyl (C=O) groups excluding carboxylic acids is 1. The van der Waals surface area contributed by atoms with Crippen LogP contribution in [0.25, 0.3) is 11.4 Å². The van der Waals surface area contributed by atoms with E-state index in [2.05, 4.69) is 15.5 Å². The average Bonchev–Trinajstić information content (AvgIpc) is 3.03. The van der Waals surface area contributed by atoms with Crippen LogP contribution in [-0.4, -0.2) is 33.6 Å². The molecule has 0 aliphatic heterocycles. The van der Waals surface area contributed by atoms with Crippen LogP contribution in [0.2, 0.25) is 5.02 Å². The van der Waals surface area contributed by atoms with Gasteiger partial charge in [0.05, 0.1) is 23.6 Å². The molecular formula is C18H18ClN5O2S. The molecule has 3 N–H and O–H groups in total. The number of aryl methyl sites for hydroxylation is 1. The van der Waals surface area contributed by atoms with Crippen LogP contribution in [-0.2, 0) is 4.79 Å². The summed E-state index contributed by atoms with van der Waals surface area (Å²) >= 11 is 7.32. The number of nitrogen functional groups attached to an aromatic ring is 1. The molecule has 0 saturated carbocycles. The number of rotatable bonds is 6. The zero-order valence-corrected chi connectivity index (χ0v) is 16.3. The minimum Gasteiger partial charge on any atom is -0.497 e. The van der Waals surface area contributed by atoms with Gasteiger partial charge in [-0.05, 0) is 48.9 Å². The normalized spacial score (nSPS) is 10.6. The number of halogens is 1. The molecule has 1 amide bonds. The van der Waals surface area contributed by atoms with Crippen molar-refractivity contribution in [1.29, 1.82) is 0 Å². The number of aromatic nitrogens is 3. The Bertz CT molecular complexity index is 959. The molecule has 9 heteroatoms. The Labute approximate surface area is 165 Å². The number of hydrogen-bond donors (Lipinski definition) is 2. The van der Waals surface area contributed by atoms with Crippen LogP contribution >= 0.6 is 23.4 Å². The molecule has 0 bridgehead atoms. The summed E-state index contributed by atoms with van der Waals surface area (Å²) < 4.78 is 6.50. The van der Waals surface area contributed by atoms with Crippen molar-refractivity contribution < 1.29 is 9.53 Å². The lowest BCUT2D eigenvalue weighted by molar-refractivity contribution is -0.113. The Morgan fingerprint density at radius 1 is 1.26 bits per heavy atom. The number of ether oxygens (including phenoxy) is 1. The van der Waals surface area contributed by atoms with Gasteiger partial charge in [-0.1, -0.05) is 29.4 Å². The van der Waals surface area contributed by atoms with Crippen molar-refractivity contribution in [3.05, 3.63) is 53.1 Å². The van der Waals surface area contributed by atoms with Crippen molar-refractivity contribution in [2.24, 2.45) is 0 Å². The molecular weight excluding hydrogens is 386 g/mol. The average molecular weight is 404 g/mol. The van der Waals surface area contributed by atoms with E-state index in [4.69, 9.17) is 22.2 Å². The number of benzene rings is 2. The van der Waals surface area contributed by atoms with Gasteiger partial charge in [-0.3, -0.25) is 4.79 Å². The van der Waals surface area contributed by atoms with Crippen molar-refractivity contribution in [2.45, 2.75) is 12.1 Å². The summed E-state index contributed by atoms with van der Waals surface area (Å²) in [7, 11) is 1.60. The van der Waals surface area contributed by atoms with Gasteiger partial charge in [0.1, 0.15) is 5.75 Å². The summed E-state index contributed by atoms with van der Waals surface area (Å²) in [6, 6.07) is 12.8. The highest BCUT2D eigenvalue weighted by Gasteiger charge is 2.14. The Kier molecular flexibility index (Phi) is 5.88. The molecule has 0 spiro atoms. The van der Waals surface area contributed by atoms with E-state index in [1.807, 2.05) is 37.3 Å². The molecule has 0 aliphatic rings. The summed E-state index contributed by atoms with van der Waals surface area (Å²) in [6.45, 7) is 1.93. The number of hydrogen-bond acceptors (Lipinski definition) is 6. The molecule has 1 heterocycles. The van der Waals surface area contributed by atoms with E-state index in [1.165, 1.54) is 16.4 Å². The second-order valence-corrected chi connectivity index (χ2v) is 7.07. The molecule has 0 fully saturated rings. The van der Waals surface area contributed by atoms with Crippen molar-refractivity contribution in [3.8, 4) is 17.1 Å². The summed E-state index contributed by atoms with van der Waals surface area (Å²) in [5.74, 6) is 7.23. The Hall–Kier alpha value is -2.71. The van der Waals surface area contributed by atoms with Gasteiger partial charge in [0.2, 0.25) is 11.1 Å². The molecule has 3 aromatic rings. The predicted octanol–water partition coefficient (Wildman–Crippen LogP) is 3.36. The largest absolute Gasteiger partial charge is 0.497 e. The maximum Gasteiger partial charge on any atom is 0.234 e. The zero-order chi connectivity index (χ0) is 19.4. The van der Waals surface area contributed by atoms with Gasteiger partial charge in [-0.15, -0.1) is 10.2 Å². The fourth-order valence-electron chi connectivity index (χ4n) is 2.35. The van der Waals surface area contributed by atoms with Crippen molar-refractivity contribution in [3.63, 3.8) is 0 Å². The SMILES string of the molecule is COc1ccc(-c2nnc(SCC(=O)Nc3ccc(C)cc3Cl)n2N)cc1. The number of carbonyl (C=O) groups is 1. The first-order chi connectivity index (χ1) is 13.0. The van der Waals surface area contributed by atoms with E-state index in [0.29, 0.717) is 21.7 Å². The molecule has 0 saturated heterocycles. The number of methoxy groups -OCH3 is 1. The predicted molar refractivity (Wildman–Crippen MR) is 108 cm³/mol. The van der Waals surface area contributed by atoms with E-state index in [0.717, 1.165) is 16.9 Å². The minimum atomic E-state index is -0.209. The Balaban J connectivity index is 1.64.